The minimum atomic E-state index is 0.0203. The van der Waals surface area contributed by atoms with E-state index in [1.54, 1.807) is 11.0 Å². The van der Waals surface area contributed by atoms with Crippen molar-refractivity contribution in [2.75, 3.05) is 0 Å². The number of hydrogen-bond acceptors (Lipinski definition) is 3. The molecule has 0 aliphatic heterocycles. The van der Waals surface area contributed by atoms with Gasteiger partial charge in [0.05, 0.1) is 11.7 Å². The molecule has 134 valence electrons. The van der Waals surface area contributed by atoms with E-state index in [1.807, 2.05) is 31.2 Å². The summed E-state index contributed by atoms with van der Waals surface area (Å²) in [5.41, 5.74) is 2.07. The molecule has 1 amide bonds. The van der Waals surface area contributed by atoms with E-state index in [9.17, 15) is 4.79 Å². The van der Waals surface area contributed by atoms with Crippen LogP contribution in [0, 0.1) is 5.92 Å². The van der Waals surface area contributed by atoms with Crippen LogP contribution >= 0.6 is 0 Å². The van der Waals surface area contributed by atoms with Gasteiger partial charge in [-0.05, 0) is 43.4 Å². The summed E-state index contributed by atoms with van der Waals surface area (Å²) in [6, 6.07) is 8.08. The second kappa shape index (κ2) is 8.79. The zero-order chi connectivity index (χ0) is 17.5. The SMILES string of the molecule is CC(NC(=O)CCCC1CCCCC1)c1ccc(-n2cncn2)cc1. The van der Waals surface area contributed by atoms with E-state index in [4.69, 9.17) is 0 Å². The fourth-order valence-electron chi connectivity index (χ4n) is 3.68. The van der Waals surface area contributed by atoms with E-state index >= 15 is 0 Å². The first-order chi connectivity index (χ1) is 12.2. The van der Waals surface area contributed by atoms with Crippen LogP contribution in [0.2, 0.25) is 0 Å². The van der Waals surface area contributed by atoms with Gasteiger partial charge in [-0.3, -0.25) is 4.79 Å². The topological polar surface area (TPSA) is 59.8 Å². The van der Waals surface area contributed by atoms with Gasteiger partial charge in [0.15, 0.2) is 0 Å². The summed E-state index contributed by atoms with van der Waals surface area (Å²) in [7, 11) is 0. The molecule has 3 rings (SSSR count). The molecule has 1 aliphatic carbocycles. The third-order valence-electron chi connectivity index (χ3n) is 5.19. The summed E-state index contributed by atoms with van der Waals surface area (Å²) in [5.74, 6) is 1.01. The highest BCUT2D eigenvalue weighted by Crippen LogP contribution is 2.27. The highest BCUT2D eigenvalue weighted by Gasteiger charge is 2.14. The van der Waals surface area contributed by atoms with E-state index in [2.05, 4.69) is 15.4 Å². The largest absolute Gasteiger partial charge is 0.350 e. The predicted octanol–water partition coefficient (Wildman–Crippen LogP) is 4.20. The molecule has 1 heterocycles. The van der Waals surface area contributed by atoms with Crippen molar-refractivity contribution in [2.24, 2.45) is 5.92 Å². The third-order valence-corrected chi connectivity index (χ3v) is 5.19. The lowest BCUT2D eigenvalue weighted by Crippen LogP contribution is -2.26. The minimum Gasteiger partial charge on any atom is -0.350 e. The number of hydrogen-bond donors (Lipinski definition) is 1. The molecule has 2 aromatic rings. The Morgan fingerprint density at radius 3 is 2.68 bits per heavy atom. The van der Waals surface area contributed by atoms with E-state index in [1.165, 1.54) is 44.9 Å². The van der Waals surface area contributed by atoms with E-state index in [0.29, 0.717) is 6.42 Å². The third kappa shape index (κ3) is 5.15. The number of nitrogens with one attached hydrogen (secondary N) is 1. The summed E-state index contributed by atoms with van der Waals surface area (Å²) >= 11 is 0. The maximum atomic E-state index is 12.2. The first-order valence-electron chi connectivity index (χ1n) is 9.46. The van der Waals surface area contributed by atoms with Gasteiger partial charge in [0.1, 0.15) is 12.7 Å². The first kappa shape index (κ1) is 17.6. The number of aromatic nitrogens is 3. The molecule has 1 aromatic carbocycles. The van der Waals surface area contributed by atoms with Crippen LogP contribution in [0.25, 0.3) is 5.69 Å². The number of carbonyl (C=O) groups excluding carboxylic acids is 1. The van der Waals surface area contributed by atoms with Gasteiger partial charge in [-0.15, -0.1) is 0 Å². The summed E-state index contributed by atoms with van der Waals surface area (Å²) in [5, 5.41) is 7.23. The van der Waals surface area contributed by atoms with Crippen molar-refractivity contribution in [2.45, 2.75) is 64.3 Å². The van der Waals surface area contributed by atoms with Crippen molar-refractivity contribution in [3.63, 3.8) is 0 Å². The molecular formula is C20H28N4O. The minimum absolute atomic E-state index is 0.0203. The second-order valence-electron chi connectivity index (χ2n) is 7.12. The molecule has 1 aromatic heterocycles. The molecule has 0 spiro atoms. The van der Waals surface area contributed by atoms with Crippen molar-refractivity contribution in [3.8, 4) is 5.69 Å². The summed E-state index contributed by atoms with van der Waals surface area (Å²) in [6.45, 7) is 2.03. The maximum Gasteiger partial charge on any atom is 0.220 e. The molecule has 1 saturated carbocycles. The lowest BCUT2D eigenvalue weighted by molar-refractivity contribution is -0.121. The Hall–Kier alpha value is -2.17. The van der Waals surface area contributed by atoms with Gasteiger partial charge in [-0.2, -0.15) is 5.10 Å². The summed E-state index contributed by atoms with van der Waals surface area (Å²) in [6.07, 6.45) is 12.9. The lowest BCUT2D eigenvalue weighted by Gasteiger charge is -2.21. The molecule has 1 unspecified atom stereocenters. The van der Waals surface area contributed by atoms with Crippen LogP contribution in [-0.2, 0) is 4.79 Å². The van der Waals surface area contributed by atoms with Crippen LogP contribution in [-0.4, -0.2) is 20.7 Å². The highest BCUT2D eigenvalue weighted by molar-refractivity contribution is 5.76. The molecule has 1 fully saturated rings. The van der Waals surface area contributed by atoms with Crippen LogP contribution in [0.3, 0.4) is 0 Å². The normalized spacial score (nSPS) is 16.5. The highest BCUT2D eigenvalue weighted by atomic mass is 16.1. The number of benzene rings is 1. The molecule has 0 bridgehead atoms. The number of rotatable bonds is 7. The van der Waals surface area contributed by atoms with Crippen molar-refractivity contribution in [3.05, 3.63) is 42.5 Å². The van der Waals surface area contributed by atoms with Crippen LogP contribution in [0.5, 0.6) is 0 Å². The molecule has 0 radical (unpaired) electrons. The average molecular weight is 340 g/mol. The van der Waals surface area contributed by atoms with Crippen LogP contribution < -0.4 is 5.32 Å². The van der Waals surface area contributed by atoms with E-state index in [0.717, 1.165) is 23.6 Å². The fourth-order valence-corrected chi connectivity index (χ4v) is 3.68. The Labute approximate surface area is 149 Å². The van der Waals surface area contributed by atoms with Crippen LogP contribution in [0.15, 0.2) is 36.9 Å². The Morgan fingerprint density at radius 1 is 1.24 bits per heavy atom. The Balaban J connectivity index is 1.43. The molecule has 1 atom stereocenters. The zero-order valence-electron chi connectivity index (χ0n) is 15.0. The molecule has 1 N–H and O–H groups in total. The van der Waals surface area contributed by atoms with Gasteiger partial charge in [0, 0.05) is 6.42 Å². The van der Waals surface area contributed by atoms with E-state index < -0.39 is 0 Å². The first-order valence-corrected chi connectivity index (χ1v) is 9.46. The predicted molar refractivity (Wildman–Crippen MR) is 98.3 cm³/mol. The average Bonchev–Trinajstić information content (AvgIpc) is 3.17. The van der Waals surface area contributed by atoms with E-state index in [-0.39, 0.29) is 11.9 Å². The van der Waals surface area contributed by atoms with Crippen molar-refractivity contribution in [1.29, 1.82) is 0 Å². The van der Waals surface area contributed by atoms with Crippen molar-refractivity contribution < 1.29 is 4.79 Å². The molecule has 5 nitrogen and oxygen atoms in total. The quantitative estimate of drug-likeness (QED) is 0.822. The Kier molecular flexibility index (Phi) is 6.20. The molecule has 0 saturated heterocycles. The summed E-state index contributed by atoms with van der Waals surface area (Å²) < 4.78 is 1.72. The number of amides is 1. The zero-order valence-corrected chi connectivity index (χ0v) is 15.0. The number of nitrogens with zero attached hydrogens (tertiary/aromatic N) is 3. The second-order valence-corrected chi connectivity index (χ2v) is 7.12. The van der Waals surface area contributed by atoms with Gasteiger partial charge in [-0.25, -0.2) is 9.67 Å². The van der Waals surface area contributed by atoms with Gasteiger partial charge >= 0.3 is 0 Å². The van der Waals surface area contributed by atoms with Gasteiger partial charge in [0.2, 0.25) is 5.91 Å². The van der Waals surface area contributed by atoms with Crippen LogP contribution in [0.1, 0.15) is 69.9 Å². The smallest absolute Gasteiger partial charge is 0.220 e. The van der Waals surface area contributed by atoms with Gasteiger partial charge in [-0.1, -0.05) is 44.2 Å². The molecule has 25 heavy (non-hydrogen) atoms. The van der Waals surface area contributed by atoms with Crippen LogP contribution in [0.4, 0.5) is 0 Å². The van der Waals surface area contributed by atoms with Gasteiger partial charge < -0.3 is 5.32 Å². The molecule has 1 aliphatic rings. The number of carbonyl (C=O) groups is 1. The molecular weight excluding hydrogens is 312 g/mol. The molecule has 5 heteroatoms. The standard InChI is InChI=1S/C20H28N4O/c1-16(18-10-12-19(13-11-18)24-15-21-14-22-24)23-20(25)9-5-8-17-6-3-2-4-7-17/h10-17H,2-9H2,1H3,(H,23,25). The maximum absolute atomic E-state index is 12.2. The Bertz CT molecular complexity index is 645. The van der Waals surface area contributed by atoms with Crippen molar-refractivity contribution in [1.82, 2.24) is 20.1 Å². The lowest BCUT2D eigenvalue weighted by atomic mass is 9.86. The monoisotopic (exact) mass is 340 g/mol. The fraction of sp³-hybridized carbons (Fsp3) is 0.550. The van der Waals surface area contributed by atoms with Gasteiger partial charge in [0.25, 0.3) is 0 Å². The van der Waals surface area contributed by atoms with Crippen molar-refractivity contribution >= 4 is 5.91 Å². The summed E-state index contributed by atoms with van der Waals surface area (Å²) in [4.78, 5) is 16.1. The Morgan fingerprint density at radius 2 is 2.00 bits per heavy atom.